The van der Waals surface area contributed by atoms with Crippen molar-refractivity contribution in [2.24, 2.45) is 0 Å². The zero-order valence-electron chi connectivity index (χ0n) is 15.1. The van der Waals surface area contributed by atoms with Crippen LogP contribution in [0.1, 0.15) is 13.3 Å². The SMILES string of the molecule is CCC(=O)Nc1ccc(NC(=O)CNc2cc(OC)ccc2OC)cc1. The minimum Gasteiger partial charge on any atom is -0.497 e. The van der Waals surface area contributed by atoms with Crippen LogP contribution in [0.4, 0.5) is 17.1 Å². The van der Waals surface area contributed by atoms with E-state index in [0.29, 0.717) is 35.0 Å². The molecule has 2 aromatic rings. The van der Waals surface area contributed by atoms with E-state index in [9.17, 15) is 9.59 Å². The molecule has 0 saturated heterocycles. The van der Waals surface area contributed by atoms with Crippen molar-refractivity contribution in [3.63, 3.8) is 0 Å². The van der Waals surface area contributed by atoms with Crippen molar-refractivity contribution < 1.29 is 19.1 Å². The Morgan fingerprint density at radius 1 is 0.885 bits per heavy atom. The number of hydrogen-bond acceptors (Lipinski definition) is 5. The first-order valence-electron chi connectivity index (χ1n) is 8.21. The van der Waals surface area contributed by atoms with Gasteiger partial charge in [-0.2, -0.15) is 0 Å². The quantitative estimate of drug-likeness (QED) is 0.676. The van der Waals surface area contributed by atoms with E-state index >= 15 is 0 Å². The van der Waals surface area contributed by atoms with Crippen LogP contribution in [-0.4, -0.2) is 32.6 Å². The van der Waals surface area contributed by atoms with Gasteiger partial charge in [-0.05, 0) is 36.4 Å². The summed E-state index contributed by atoms with van der Waals surface area (Å²) in [6.07, 6.45) is 0.415. The third-order valence-corrected chi connectivity index (χ3v) is 3.62. The number of rotatable bonds is 8. The molecule has 0 fully saturated rings. The highest BCUT2D eigenvalue weighted by Gasteiger charge is 2.08. The molecule has 7 nitrogen and oxygen atoms in total. The average Bonchev–Trinajstić information content (AvgIpc) is 2.67. The lowest BCUT2D eigenvalue weighted by molar-refractivity contribution is -0.116. The van der Waals surface area contributed by atoms with Crippen molar-refractivity contribution in [1.82, 2.24) is 0 Å². The van der Waals surface area contributed by atoms with Crippen LogP contribution >= 0.6 is 0 Å². The Bertz CT molecular complexity index is 760. The molecule has 0 aliphatic heterocycles. The lowest BCUT2D eigenvalue weighted by Crippen LogP contribution is -2.22. The molecule has 2 aromatic carbocycles. The van der Waals surface area contributed by atoms with Gasteiger partial charge in [-0.15, -0.1) is 0 Å². The fraction of sp³-hybridized carbons (Fsp3) is 0.263. The van der Waals surface area contributed by atoms with Crippen molar-refractivity contribution >= 4 is 28.9 Å². The molecule has 0 radical (unpaired) electrons. The van der Waals surface area contributed by atoms with Gasteiger partial charge in [-0.1, -0.05) is 6.92 Å². The van der Waals surface area contributed by atoms with E-state index in [0.717, 1.165) is 0 Å². The van der Waals surface area contributed by atoms with E-state index in [-0.39, 0.29) is 18.4 Å². The summed E-state index contributed by atoms with van der Waals surface area (Å²) in [5, 5.41) is 8.57. The molecule has 3 N–H and O–H groups in total. The Morgan fingerprint density at radius 2 is 1.50 bits per heavy atom. The zero-order valence-corrected chi connectivity index (χ0v) is 15.1. The molecule has 0 heterocycles. The van der Waals surface area contributed by atoms with Crippen molar-refractivity contribution in [3.05, 3.63) is 42.5 Å². The van der Waals surface area contributed by atoms with E-state index in [4.69, 9.17) is 9.47 Å². The van der Waals surface area contributed by atoms with Gasteiger partial charge in [-0.3, -0.25) is 9.59 Å². The molecule has 138 valence electrons. The number of anilines is 3. The molecule has 0 spiro atoms. The predicted molar refractivity (Wildman–Crippen MR) is 102 cm³/mol. The molecule has 0 aliphatic carbocycles. The van der Waals surface area contributed by atoms with Crippen molar-refractivity contribution in [2.45, 2.75) is 13.3 Å². The fourth-order valence-corrected chi connectivity index (χ4v) is 2.22. The highest BCUT2D eigenvalue weighted by molar-refractivity contribution is 5.95. The molecule has 7 heteroatoms. The van der Waals surface area contributed by atoms with E-state index in [1.807, 2.05) is 0 Å². The van der Waals surface area contributed by atoms with Gasteiger partial charge in [-0.25, -0.2) is 0 Å². The van der Waals surface area contributed by atoms with Crippen LogP contribution in [0.25, 0.3) is 0 Å². The van der Waals surface area contributed by atoms with E-state index < -0.39 is 0 Å². The lowest BCUT2D eigenvalue weighted by Gasteiger charge is -2.13. The third-order valence-electron chi connectivity index (χ3n) is 3.62. The Hall–Kier alpha value is -3.22. The Morgan fingerprint density at radius 3 is 2.04 bits per heavy atom. The van der Waals surface area contributed by atoms with Gasteiger partial charge >= 0.3 is 0 Å². The molecule has 0 saturated carbocycles. The second-order valence-corrected chi connectivity index (χ2v) is 5.45. The molecule has 0 aliphatic rings. The van der Waals surface area contributed by atoms with Crippen LogP contribution in [0, 0.1) is 0 Å². The van der Waals surface area contributed by atoms with Crippen LogP contribution in [0.15, 0.2) is 42.5 Å². The lowest BCUT2D eigenvalue weighted by atomic mass is 10.2. The van der Waals surface area contributed by atoms with E-state index in [1.54, 1.807) is 63.6 Å². The number of carbonyl (C=O) groups excluding carboxylic acids is 2. The number of hydrogen-bond donors (Lipinski definition) is 3. The summed E-state index contributed by atoms with van der Waals surface area (Å²) < 4.78 is 10.4. The van der Waals surface area contributed by atoms with Gasteiger partial charge in [0, 0.05) is 23.9 Å². The second kappa shape index (κ2) is 9.31. The van der Waals surface area contributed by atoms with Crippen LogP contribution < -0.4 is 25.4 Å². The second-order valence-electron chi connectivity index (χ2n) is 5.45. The Balaban J connectivity index is 1.92. The predicted octanol–water partition coefficient (Wildman–Crippen LogP) is 3.10. The normalized spacial score (nSPS) is 9.96. The summed E-state index contributed by atoms with van der Waals surface area (Å²) in [5.74, 6) is 1.02. The first kappa shape index (κ1) is 19.1. The van der Waals surface area contributed by atoms with Gasteiger partial charge in [0.05, 0.1) is 26.5 Å². The average molecular weight is 357 g/mol. The maximum Gasteiger partial charge on any atom is 0.243 e. The van der Waals surface area contributed by atoms with Crippen LogP contribution in [0.5, 0.6) is 11.5 Å². The fourth-order valence-electron chi connectivity index (χ4n) is 2.22. The van der Waals surface area contributed by atoms with Crippen LogP contribution in [-0.2, 0) is 9.59 Å². The summed E-state index contributed by atoms with van der Waals surface area (Å²) in [6, 6.07) is 12.2. The zero-order chi connectivity index (χ0) is 18.9. The molecule has 0 bridgehead atoms. The number of nitrogens with one attached hydrogen (secondary N) is 3. The van der Waals surface area contributed by atoms with Gasteiger partial charge in [0.2, 0.25) is 11.8 Å². The molecule has 0 unspecified atom stereocenters. The Labute approximate surface area is 152 Å². The van der Waals surface area contributed by atoms with Gasteiger partial charge in [0.15, 0.2) is 0 Å². The van der Waals surface area contributed by atoms with Crippen LogP contribution in [0.2, 0.25) is 0 Å². The van der Waals surface area contributed by atoms with Crippen molar-refractivity contribution in [1.29, 1.82) is 0 Å². The van der Waals surface area contributed by atoms with Gasteiger partial charge in [0.1, 0.15) is 11.5 Å². The number of ether oxygens (including phenoxy) is 2. The molecule has 2 amide bonds. The topological polar surface area (TPSA) is 88.7 Å². The number of amides is 2. The van der Waals surface area contributed by atoms with Crippen LogP contribution in [0.3, 0.4) is 0 Å². The van der Waals surface area contributed by atoms with Crippen molar-refractivity contribution in [2.75, 3.05) is 36.7 Å². The largest absolute Gasteiger partial charge is 0.497 e. The molecular weight excluding hydrogens is 334 g/mol. The van der Waals surface area contributed by atoms with Gasteiger partial charge < -0.3 is 25.4 Å². The van der Waals surface area contributed by atoms with E-state index in [1.165, 1.54) is 0 Å². The van der Waals surface area contributed by atoms with Crippen molar-refractivity contribution in [3.8, 4) is 11.5 Å². The number of carbonyl (C=O) groups is 2. The molecule has 2 rings (SSSR count). The Kier molecular flexibility index (Phi) is 6.84. The minimum absolute atomic E-state index is 0.0572. The summed E-state index contributed by atoms with van der Waals surface area (Å²) in [6.45, 7) is 1.85. The highest BCUT2D eigenvalue weighted by atomic mass is 16.5. The summed E-state index contributed by atoms with van der Waals surface area (Å²) in [4.78, 5) is 23.5. The molecule has 26 heavy (non-hydrogen) atoms. The van der Waals surface area contributed by atoms with Gasteiger partial charge in [0.25, 0.3) is 0 Å². The smallest absolute Gasteiger partial charge is 0.243 e. The number of methoxy groups -OCH3 is 2. The molecular formula is C19H23N3O4. The summed E-state index contributed by atoms with van der Waals surface area (Å²) in [5.41, 5.74) is 2.00. The first-order valence-corrected chi connectivity index (χ1v) is 8.21. The standard InChI is InChI=1S/C19H23N3O4/c1-4-18(23)21-13-5-7-14(8-6-13)22-19(24)12-20-16-11-15(25-2)9-10-17(16)26-3/h5-11,20H,4,12H2,1-3H3,(H,21,23)(H,22,24). The first-order chi connectivity index (χ1) is 12.5. The number of benzene rings is 2. The van der Waals surface area contributed by atoms with E-state index in [2.05, 4.69) is 16.0 Å². The monoisotopic (exact) mass is 357 g/mol. The third kappa shape index (κ3) is 5.41. The minimum atomic E-state index is -0.208. The maximum absolute atomic E-state index is 12.1. The molecule has 0 atom stereocenters. The maximum atomic E-state index is 12.1. The summed E-state index contributed by atoms with van der Waals surface area (Å²) >= 11 is 0. The molecule has 0 aromatic heterocycles. The summed E-state index contributed by atoms with van der Waals surface area (Å²) in [7, 11) is 3.14. The highest BCUT2D eigenvalue weighted by Crippen LogP contribution is 2.28.